The van der Waals surface area contributed by atoms with Crippen molar-refractivity contribution in [2.45, 2.75) is 277 Å². The van der Waals surface area contributed by atoms with Crippen LogP contribution in [0.3, 0.4) is 0 Å². The molecule has 0 bridgehead atoms. The number of esters is 4. The van der Waals surface area contributed by atoms with E-state index >= 15 is 0 Å². The molecule has 0 saturated carbocycles. The van der Waals surface area contributed by atoms with Crippen LogP contribution in [0.1, 0.15) is 259 Å². The standard InChI is InChI=1S/C79H128O17P2/c1-5-9-13-17-21-25-29-33-35-36-38-41-44-48-52-56-60-64-77(82)90-70-75(96-79(84)66-62-58-54-50-46-42-37-34-30-26-22-18-14-10-6-2)72-94-98(87,88)92-68-73(80)67-91-97(85,86)93-71-74(95-78(83)65-61-57-53-49-45-40-32-28-24-20-16-12-8-4)69-89-76(81)63-59-55-51-47-43-39-31-27-23-19-15-11-7-3/h9-10,13-16,19-22,25-28,31-35,37-38,41,46,50,58,62,73-75,80H,5-8,11-12,17-18,23-24,29-30,36,39-40,42-45,47-49,51-57,59-61,63-72H2,1-4H3,(H,85,86)(H,87,88)/b13-9-,14-10-,19-15-,20-16-,25-21-,26-22-,31-27-,32-28-,35-33-,37-34-,41-38-,50-46-,62-58-. The van der Waals surface area contributed by atoms with E-state index in [4.69, 9.17) is 37.0 Å². The Hall–Kier alpha value is -5.32. The fourth-order valence-electron chi connectivity index (χ4n) is 8.95. The van der Waals surface area contributed by atoms with E-state index in [2.05, 4.69) is 161 Å². The molecule has 5 unspecified atom stereocenters. The summed E-state index contributed by atoms with van der Waals surface area (Å²) >= 11 is 0. The molecule has 5 atom stereocenters. The molecule has 0 fully saturated rings. The predicted molar refractivity (Wildman–Crippen MR) is 399 cm³/mol. The quantitative estimate of drug-likeness (QED) is 0.0169. The summed E-state index contributed by atoms with van der Waals surface area (Å²) in [6.45, 7) is 4.30. The zero-order valence-corrected chi connectivity index (χ0v) is 62.2. The van der Waals surface area contributed by atoms with Crippen LogP contribution in [0.15, 0.2) is 158 Å². The molecule has 0 rings (SSSR count). The van der Waals surface area contributed by atoms with Crippen LogP contribution in [-0.4, -0.2) is 96.7 Å². The molecule has 0 saturated heterocycles. The fourth-order valence-corrected chi connectivity index (χ4v) is 10.5. The van der Waals surface area contributed by atoms with Gasteiger partial charge in [0.05, 0.1) is 32.8 Å². The maximum atomic E-state index is 13.1. The lowest BCUT2D eigenvalue weighted by atomic mass is 10.1. The Kier molecular flexibility index (Phi) is 66.3. The molecule has 17 nitrogen and oxygen atoms in total. The number of rotatable bonds is 67. The average Bonchev–Trinajstić information content (AvgIpc) is 1.02. The Bertz CT molecular complexity index is 2480. The third-order valence-corrected chi connectivity index (χ3v) is 16.4. The number of phosphoric ester groups is 2. The van der Waals surface area contributed by atoms with Gasteiger partial charge in [0.1, 0.15) is 19.3 Å². The number of aliphatic hydroxyl groups excluding tert-OH is 1. The molecular weight excluding hydrogens is 1280 g/mol. The first-order chi connectivity index (χ1) is 47.7. The molecule has 3 N–H and O–H groups in total. The molecule has 98 heavy (non-hydrogen) atoms. The van der Waals surface area contributed by atoms with Crippen molar-refractivity contribution in [2.75, 3.05) is 39.6 Å². The maximum absolute atomic E-state index is 13.1. The average molecular weight is 1410 g/mol. The van der Waals surface area contributed by atoms with Crippen molar-refractivity contribution < 1.29 is 80.2 Å². The Labute approximate surface area is 591 Å². The first-order valence-electron chi connectivity index (χ1n) is 36.7. The molecule has 0 aromatic rings. The number of allylic oxidation sites excluding steroid dienone is 25. The zero-order valence-electron chi connectivity index (χ0n) is 60.4. The van der Waals surface area contributed by atoms with Crippen LogP contribution in [0.25, 0.3) is 0 Å². The second-order valence-electron chi connectivity index (χ2n) is 23.8. The lowest BCUT2D eigenvalue weighted by Crippen LogP contribution is -2.30. The Morgan fingerprint density at radius 2 is 0.571 bits per heavy atom. The van der Waals surface area contributed by atoms with Gasteiger partial charge in [0.15, 0.2) is 12.2 Å². The van der Waals surface area contributed by atoms with E-state index < -0.39 is 97.5 Å². The van der Waals surface area contributed by atoms with Crippen LogP contribution >= 0.6 is 15.6 Å². The van der Waals surface area contributed by atoms with E-state index in [1.807, 2.05) is 12.2 Å². The van der Waals surface area contributed by atoms with Gasteiger partial charge in [0.25, 0.3) is 0 Å². The highest BCUT2D eigenvalue weighted by atomic mass is 31.2. The highest BCUT2D eigenvalue weighted by Crippen LogP contribution is 2.45. The Balaban J connectivity index is 5.47. The minimum Gasteiger partial charge on any atom is -0.462 e. The van der Waals surface area contributed by atoms with E-state index in [0.717, 1.165) is 180 Å². The third-order valence-electron chi connectivity index (χ3n) is 14.5. The molecule has 0 heterocycles. The van der Waals surface area contributed by atoms with Gasteiger partial charge in [-0.2, -0.15) is 0 Å². The Morgan fingerprint density at radius 1 is 0.306 bits per heavy atom. The van der Waals surface area contributed by atoms with Gasteiger partial charge < -0.3 is 33.8 Å². The number of hydrogen-bond acceptors (Lipinski definition) is 15. The summed E-state index contributed by atoms with van der Waals surface area (Å²) < 4.78 is 68.2. The van der Waals surface area contributed by atoms with Crippen LogP contribution in [0.4, 0.5) is 0 Å². The number of carbonyl (C=O) groups is 4. The van der Waals surface area contributed by atoms with Gasteiger partial charge in [-0.3, -0.25) is 37.3 Å². The predicted octanol–water partition coefficient (Wildman–Crippen LogP) is 20.9. The molecule has 0 aliphatic rings. The van der Waals surface area contributed by atoms with Crippen LogP contribution < -0.4 is 0 Å². The topological polar surface area (TPSA) is 237 Å². The fraction of sp³-hybridized carbons (Fsp3) is 0.620. The smallest absolute Gasteiger partial charge is 0.462 e. The number of carbonyl (C=O) groups excluding carboxylic acids is 4. The van der Waals surface area contributed by atoms with Crippen LogP contribution in [0, 0.1) is 0 Å². The highest BCUT2D eigenvalue weighted by Gasteiger charge is 2.30. The lowest BCUT2D eigenvalue weighted by Gasteiger charge is -2.21. The van der Waals surface area contributed by atoms with E-state index in [1.165, 1.54) is 0 Å². The van der Waals surface area contributed by atoms with E-state index in [1.54, 1.807) is 12.2 Å². The molecule has 0 spiro atoms. The van der Waals surface area contributed by atoms with E-state index in [9.17, 15) is 43.2 Å². The van der Waals surface area contributed by atoms with Gasteiger partial charge in [0.2, 0.25) is 0 Å². The maximum Gasteiger partial charge on any atom is 0.472 e. The summed E-state index contributed by atoms with van der Waals surface area (Å²) in [5, 5.41) is 10.6. The summed E-state index contributed by atoms with van der Waals surface area (Å²) in [5.74, 6) is -2.40. The molecule has 0 amide bonds. The number of hydrogen-bond donors (Lipinski definition) is 3. The normalized spacial score (nSPS) is 14.9. The molecular formula is C79H128O17P2. The first kappa shape index (κ1) is 92.7. The van der Waals surface area contributed by atoms with Crippen LogP contribution in [0.2, 0.25) is 0 Å². The van der Waals surface area contributed by atoms with Gasteiger partial charge in [-0.05, 0) is 141 Å². The van der Waals surface area contributed by atoms with Crippen LogP contribution in [0.5, 0.6) is 0 Å². The van der Waals surface area contributed by atoms with E-state index in [-0.39, 0.29) is 25.7 Å². The SMILES string of the molecule is CC/C=C\C/C=C\C/C=C\C/C=C\C/C=C\CC(=O)OC(COC(=O)CCCCCC/C=C\C/C=C\C/C=C\C/C=C\CC)COP(=O)(O)OCC(O)COP(=O)(O)OCC(COC(=O)CCCCCCC/C=C\C/C=C\CCC)OC(=O)CCCCCCC/C=C\C/C=C\CCC. The van der Waals surface area contributed by atoms with Gasteiger partial charge in [-0.1, -0.05) is 250 Å². The number of phosphoric acid groups is 2. The molecule has 19 heteroatoms. The summed E-state index contributed by atoms with van der Waals surface area (Å²) in [4.78, 5) is 72.7. The van der Waals surface area contributed by atoms with Crippen molar-refractivity contribution >= 4 is 39.5 Å². The summed E-state index contributed by atoms with van der Waals surface area (Å²) in [6.07, 6.45) is 79.9. The van der Waals surface area contributed by atoms with Crippen LogP contribution in [-0.2, 0) is 65.4 Å². The molecule has 556 valence electrons. The molecule has 0 aromatic carbocycles. The summed E-state index contributed by atoms with van der Waals surface area (Å²) in [5.41, 5.74) is 0. The second kappa shape index (κ2) is 70.1. The molecule has 0 aromatic heterocycles. The minimum absolute atomic E-state index is 0.0680. The van der Waals surface area contributed by atoms with E-state index in [0.29, 0.717) is 25.7 Å². The minimum atomic E-state index is -5.01. The van der Waals surface area contributed by atoms with Crippen molar-refractivity contribution in [2.24, 2.45) is 0 Å². The largest absolute Gasteiger partial charge is 0.472 e. The summed E-state index contributed by atoms with van der Waals surface area (Å²) in [6, 6.07) is 0. The highest BCUT2D eigenvalue weighted by molar-refractivity contribution is 7.47. The van der Waals surface area contributed by atoms with Gasteiger partial charge in [-0.15, -0.1) is 0 Å². The lowest BCUT2D eigenvalue weighted by molar-refractivity contribution is -0.161. The first-order valence-corrected chi connectivity index (χ1v) is 39.7. The van der Waals surface area contributed by atoms with Gasteiger partial charge in [0, 0.05) is 19.3 Å². The monoisotopic (exact) mass is 1410 g/mol. The zero-order chi connectivity index (χ0) is 71.8. The van der Waals surface area contributed by atoms with Crippen molar-refractivity contribution in [3.05, 3.63) is 158 Å². The number of ether oxygens (including phenoxy) is 4. The number of aliphatic hydroxyl groups is 1. The van der Waals surface area contributed by atoms with Crippen molar-refractivity contribution in [1.82, 2.24) is 0 Å². The third kappa shape index (κ3) is 69.2. The second-order valence-corrected chi connectivity index (χ2v) is 26.7. The van der Waals surface area contributed by atoms with Crippen molar-refractivity contribution in [3.63, 3.8) is 0 Å². The van der Waals surface area contributed by atoms with Gasteiger partial charge >= 0.3 is 39.5 Å². The summed E-state index contributed by atoms with van der Waals surface area (Å²) in [7, 11) is -10.0. The van der Waals surface area contributed by atoms with Crippen molar-refractivity contribution in [3.8, 4) is 0 Å². The molecule has 0 radical (unpaired) electrons. The molecule has 0 aliphatic carbocycles. The van der Waals surface area contributed by atoms with Crippen molar-refractivity contribution in [1.29, 1.82) is 0 Å². The molecule has 0 aliphatic heterocycles. The van der Waals surface area contributed by atoms with Gasteiger partial charge in [-0.25, -0.2) is 9.13 Å². The Morgan fingerprint density at radius 3 is 0.908 bits per heavy atom. The number of unbranched alkanes of at least 4 members (excludes halogenated alkanes) is 16.